The lowest BCUT2D eigenvalue weighted by Gasteiger charge is -2.05. The van der Waals surface area contributed by atoms with E-state index >= 15 is 0 Å². The van der Waals surface area contributed by atoms with Gasteiger partial charge in [0.15, 0.2) is 0 Å². The van der Waals surface area contributed by atoms with Crippen LogP contribution < -0.4 is 10.6 Å². The minimum Gasteiger partial charge on any atom is -0.390 e. The predicted octanol–water partition coefficient (Wildman–Crippen LogP) is 3.47. The third kappa shape index (κ3) is 5.77. The number of halogens is 1. The zero-order valence-corrected chi connectivity index (χ0v) is 12.2. The molecule has 0 saturated carbocycles. The van der Waals surface area contributed by atoms with Gasteiger partial charge in [-0.1, -0.05) is 31.4 Å². The molecule has 0 saturated heterocycles. The van der Waals surface area contributed by atoms with Crippen molar-refractivity contribution < 1.29 is 4.79 Å². The Morgan fingerprint density at radius 2 is 2.05 bits per heavy atom. The summed E-state index contributed by atoms with van der Waals surface area (Å²) in [7, 11) is 0. The number of hydrogen-bond donors (Lipinski definition) is 2. The average molecular weight is 292 g/mol. The highest BCUT2D eigenvalue weighted by atomic mass is 35.5. The van der Waals surface area contributed by atoms with E-state index in [1.165, 1.54) is 6.20 Å². The van der Waals surface area contributed by atoms with Crippen molar-refractivity contribution in [3.8, 4) is 6.07 Å². The standard InChI is InChI=1S/C15H18ClN3O/c1-2-3-4-9-18-11-12(10-17)15(20)19-14-7-5-13(16)6-8-14/h5-8,11,18H,2-4,9H2,1H3,(H,19,20)/b12-11-. The Balaban J connectivity index is 2.52. The van der Waals surface area contributed by atoms with Gasteiger partial charge in [0.2, 0.25) is 0 Å². The monoisotopic (exact) mass is 291 g/mol. The Labute approximate surface area is 124 Å². The largest absolute Gasteiger partial charge is 0.390 e. The van der Waals surface area contributed by atoms with Crippen molar-refractivity contribution in [2.24, 2.45) is 0 Å². The molecule has 1 rings (SSSR count). The van der Waals surface area contributed by atoms with Crippen molar-refractivity contribution in [1.29, 1.82) is 5.26 Å². The molecule has 1 amide bonds. The highest BCUT2D eigenvalue weighted by Crippen LogP contribution is 2.13. The molecule has 0 radical (unpaired) electrons. The molecule has 0 spiro atoms. The van der Waals surface area contributed by atoms with Gasteiger partial charge in [-0.3, -0.25) is 4.79 Å². The maximum atomic E-state index is 11.9. The number of unbranched alkanes of at least 4 members (excludes halogenated alkanes) is 2. The van der Waals surface area contributed by atoms with Crippen molar-refractivity contribution in [3.05, 3.63) is 41.1 Å². The van der Waals surface area contributed by atoms with Crippen LogP contribution in [-0.4, -0.2) is 12.5 Å². The fourth-order valence-corrected chi connectivity index (χ4v) is 1.66. The Morgan fingerprint density at radius 3 is 2.65 bits per heavy atom. The summed E-state index contributed by atoms with van der Waals surface area (Å²) in [6, 6.07) is 8.61. The second-order valence-electron chi connectivity index (χ2n) is 4.29. The van der Waals surface area contributed by atoms with E-state index < -0.39 is 5.91 Å². The number of nitrogens with zero attached hydrogens (tertiary/aromatic N) is 1. The molecule has 106 valence electrons. The van der Waals surface area contributed by atoms with E-state index in [0.29, 0.717) is 10.7 Å². The molecule has 0 aliphatic rings. The van der Waals surface area contributed by atoms with E-state index in [9.17, 15) is 4.79 Å². The van der Waals surface area contributed by atoms with Gasteiger partial charge in [-0.15, -0.1) is 0 Å². The van der Waals surface area contributed by atoms with Crippen LogP contribution in [0.1, 0.15) is 26.2 Å². The summed E-state index contributed by atoms with van der Waals surface area (Å²) in [5.74, 6) is -0.433. The summed E-state index contributed by atoms with van der Waals surface area (Å²) in [4.78, 5) is 11.9. The van der Waals surface area contributed by atoms with Crippen LogP contribution in [0.5, 0.6) is 0 Å². The number of nitrogens with one attached hydrogen (secondary N) is 2. The van der Waals surface area contributed by atoms with E-state index in [0.717, 1.165) is 25.8 Å². The molecule has 5 heteroatoms. The third-order valence-electron chi connectivity index (χ3n) is 2.64. The molecule has 0 bridgehead atoms. The fourth-order valence-electron chi connectivity index (χ4n) is 1.53. The maximum absolute atomic E-state index is 11.9. The van der Waals surface area contributed by atoms with E-state index in [1.54, 1.807) is 24.3 Å². The van der Waals surface area contributed by atoms with Crippen molar-refractivity contribution in [2.45, 2.75) is 26.2 Å². The van der Waals surface area contributed by atoms with Gasteiger partial charge in [0.05, 0.1) is 0 Å². The lowest BCUT2D eigenvalue weighted by molar-refractivity contribution is -0.112. The van der Waals surface area contributed by atoms with Crippen LogP contribution in [0.3, 0.4) is 0 Å². The minimum atomic E-state index is -0.433. The molecule has 0 unspecified atom stereocenters. The first-order valence-electron chi connectivity index (χ1n) is 6.58. The minimum absolute atomic E-state index is 0.0523. The Hall–Kier alpha value is -1.99. The summed E-state index contributed by atoms with van der Waals surface area (Å²) < 4.78 is 0. The van der Waals surface area contributed by atoms with Crippen LogP contribution in [0.2, 0.25) is 5.02 Å². The highest BCUT2D eigenvalue weighted by Gasteiger charge is 2.08. The van der Waals surface area contributed by atoms with Crippen LogP contribution in [0.25, 0.3) is 0 Å². The molecule has 2 N–H and O–H groups in total. The number of carbonyl (C=O) groups is 1. The molecule has 20 heavy (non-hydrogen) atoms. The lowest BCUT2D eigenvalue weighted by atomic mass is 10.2. The molecule has 0 heterocycles. The van der Waals surface area contributed by atoms with E-state index in [4.69, 9.17) is 16.9 Å². The number of hydrogen-bond acceptors (Lipinski definition) is 3. The number of nitriles is 1. The van der Waals surface area contributed by atoms with Crippen molar-refractivity contribution >= 4 is 23.2 Å². The van der Waals surface area contributed by atoms with Crippen molar-refractivity contribution in [2.75, 3.05) is 11.9 Å². The van der Waals surface area contributed by atoms with Crippen LogP contribution in [-0.2, 0) is 4.79 Å². The second-order valence-corrected chi connectivity index (χ2v) is 4.73. The Kier molecular flexibility index (Phi) is 7.23. The first kappa shape index (κ1) is 16.1. The van der Waals surface area contributed by atoms with E-state index in [2.05, 4.69) is 17.6 Å². The summed E-state index contributed by atoms with van der Waals surface area (Å²) >= 11 is 5.76. The average Bonchev–Trinajstić information content (AvgIpc) is 2.45. The topological polar surface area (TPSA) is 64.9 Å². The number of amides is 1. The summed E-state index contributed by atoms with van der Waals surface area (Å²) in [5.41, 5.74) is 0.656. The molecular weight excluding hydrogens is 274 g/mol. The molecule has 0 aliphatic heterocycles. The van der Waals surface area contributed by atoms with Crippen LogP contribution in [0.15, 0.2) is 36.0 Å². The lowest BCUT2D eigenvalue weighted by Crippen LogP contribution is -2.17. The van der Waals surface area contributed by atoms with Gasteiger partial charge < -0.3 is 10.6 Å². The quantitative estimate of drug-likeness (QED) is 0.459. The summed E-state index contributed by atoms with van der Waals surface area (Å²) in [6.07, 6.45) is 4.73. The van der Waals surface area contributed by atoms with E-state index in [-0.39, 0.29) is 5.57 Å². The number of carbonyl (C=O) groups excluding carboxylic acids is 1. The Bertz CT molecular complexity index is 503. The molecule has 4 nitrogen and oxygen atoms in total. The van der Waals surface area contributed by atoms with Gasteiger partial charge in [-0.25, -0.2) is 0 Å². The number of anilines is 1. The zero-order valence-electron chi connectivity index (χ0n) is 11.4. The SMILES string of the molecule is CCCCCN/C=C(/C#N)C(=O)Nc1ccc(Cl)cc1. The van der Waals surface area contributed by atoms with E-state index in [1.807, 2.05) is 6.07 Å². The van der Waals surface area contributed by atoms with Gasteiger partial charge >= 0.3 is 0 Å². The first-order valence-corrected chi connectivity index (χ1v) is 6.95. The summed E-state index contributed by atoms with van der Waals surface area (Å²) in [6.45, 7) is 2.88. The van der Waals surface area contributed by atoms with Gasteiger partial charge in [0.25, 0.3) is 5.91 Å². The molecule has 1 aromatic carbocycles. The summed E-state index contributed by atoms with van der Waals surface area (Å²) in [5, 5.41) is 15.2. The van der Waals surface area contributed by atoms with Crippen molar-refractivity contribution in [1.82, 2.24) is 5.32 Å². The predicted molar refractivity (Wildman–Crippen MR) is 81.3 cm³/mol. The molecule has 1 aromatic rings. The van der Waals surface area contributed by atoms with Gasteiger partial charge in [-0.05, 0) is 30.7 Å². The zero-order chi connectivity index (χ0) is 14.8. The second kappa shape index (κ2) is 9.00. The van der Waals surface area contributed by atoms with Crippen LogP contribution in [0.4, 0.5) is 5.69 Å². The van der Waals surface area contributed by atoms with Crippen LogP contribution in [0, 0.1) is 11.3 Å². The van der Waals surface area contributed by atoms with Crippen molar-refractivity contribution in [3.63, 3.8) is 0 Å². The Morgan fingerprint density at radius 1 is 1.35 bits per heavy atom. The third-order valence-corrected chi connectivity index (χ3v) is 2.89. The fraction of sp³-hybridized carbons (Fsp3) is 0.333. The highest BCUT2D eigenvalue weighted by molar-refractivity contribution is 6.30. The number of rotatable bonds is 7. The molecule has 0 fully saturated rings. The van der Waals surface area contributed by atoms with Gasteiger partial charge in [0, 0.05) is 23.5 Å². The maximum Gasteiger partial charge on any atom is 0.267 e. The van der Waals surface area contributed by atoms with Gasteiger partial charge in [-0.2, -0.15) is 5.26 Å². The molecular formula is C15H18ClN3O. The van der Waals surface area contributed by atoms with Crippen LogP contribution >= 0.6 is 11.6 Å². The number of benzene rings is 1. The molecule has 0 aliphatic carbocycles. The molecule has 0 atom stereocenters. The molecule has 0 aromatic heterocycles. The smallest absolute Gasteiger partial charge is 0.267 e. The van der Waals surface area contributed by atoms with Gasteiger partial charge in [0.1, 0.15) is 11.6 Å². The normalized spacial score (nSPS) is 10.8. The first-order chi connectivity index (χ1) is 9.67.